The minimum atomic E-state index is -0.689. The molecule has 11 nitrogen and oxygen atoms in total. The summed E-state index contributed by atoms with van der Waals surface area (Å²) < 4.78 is 7.15. The fourth-order valence-electron chi connectivity index (χ4n) is 5.32. The summed E-state index contributed by atoms with van der Waals surface area (Å²) in [6.45, 7) is 5.57. The maximum atomic E-state index is 13.2. The summed E-state index contributed by atoms with van der Waals surface area (Å²) in [5, 5.41) is 17.2. The molecule has 1 amide bonds. The number of anilines is 3. The molecule has 5 heterocycles. The van der Waals surface area contributed by atoms with Gasteiger partial charge in [0.25, 0.3) is 11.5 Å². The summed E-state index contributed by atoms with van der Waals surface area (Å²) in [6, 6.07) is 12.4. The van der Waals surface area contributed by atoms with Gasteiger partial charge in [-0.3, -0.25) is 9.59 Å². The van der Waals surface area contributed by atoms with Crippen molar-refractivity contribution >= 4 is 45.5 Å². The van der Waals surface area contributed by atoms with Crippen molar-refractivity contribution in [1.29, 1.82) is 5.26 Å². The Morgan fingerprint density at radius 1 is 1.15 bits per heavy atom. The molecule has 2 aliphatic rings. The van der Waals surface area contributed by atoms with E-state index in [9.17, 15) is 14.9 Å². The molecular formula is C29H27ClN8O3. The molecule has 2 aliphatic heterocycles. The van der Waals surface area contributed by atoms with Crippen molar-refractivity contribution in [2.45, 2.75) is 31.4 Å². The monoisotopic (exact) mass is 570 g/mol. The SMILES string of the molecule is Cn1c(=O)cc(NC(C)(C)c2ncccn2)c2cccc(Nc3cc(C(=O)N4CC5(CCO5)C4)nc(Cl)c3C#N)c21. The highest BCUT2D eigenvalue weighted by Crippen LogP contribution is 2.38. The average Bonchev–Trinajstić information content (AvgIpc) is 2.90. The number of nitrogens with one attached hydrogen (secondary N) is 2. The number of amides is 1. The van der Waals surface area contributed by atoms with Crippen LogP contribution in [0.15, 0.2) is 53.6 Å². The van der Waals surface area contributed by atoms with Crippen LogP contribution in [-0.4, -0.2) is 55.6 Å². The van der Waals surface area contributed by atoms with Crippen LogP contribution in [0, 0.1) is 11.3 Å². The number of rotatable bonds is 6. The Balaban J connectivity index is 1.38. The molecule has 2 saturated heterocycles. The lowest BCUT2D eigenvalue weighted by molar-refractivity contribution is -0.209. The zero-order chi connectivity index (χ0) is 28.9. The van der Waals surface area contributed by atoms with Crippen molar-refractivity contribution in [1.82, 2.24) is 24.4 Å². The topological polar surface area (TPSA) is 138 Å². The van der Waals surface area contributed by atoms with Gasteiger partial charge in [-0.1, -0.05) is 23.7 Å². The van der Waals surface area contributed by atoms with Gasteiger partial charge >= 0.3 is 0 Å². The third kappa shape index (κ3) is 4.65. The van der Waals surface area contributed by atoms with Crippen molar-refractivity contribution in [3.63, 3.8) is 0 Å². The van der Waals surface area contributed by atoms with Crippen molar-refractivity contribution in [3.8, 4) is 6.07 Å². The largest absolute Gasteiger partial charge is 0.372 e. The number of aryl methyl sites for hydroxylation is 1. The van der Waals surface area contributed by atoms with E-state index in [1.807, 2.05) is 26.0 Å². The second-order valence-electron chi connectivity index (χ2n) is 10.9. The molecule has 1 spiro atoms. The van der Waals surface area contributed by atoms with Gasteiger partial charge < -0.3 is 24.8 Å². The number of halogens is 1. The first-order chi connectivity index (χ1) is 19.6. The quantitative estimate of drug-likeness (QED) is 0.330. The van der Waals surface area contributed by atoms with E-state index in [0.29, 0.717) is 48.1 Å². The molecule has 12 heteroatoms. The van der Waals surface area contributed by atoms with E-state index >= 15 is 0 Å². The van der Waals surface area contributed by atoms with Crippen molar-refractivity contribution in [2.75, 3.05) is 30.3 Å². The molecule has 0 unspecified atom stereocenters. The van der Waals surface area contributed by atoms with Crippen molar-refractivity contribution in [3.05, 3.63) is 81.4 Å². The van der Waals surface area contributed by atoms with Gasteiger partial charge in [0.1, 0.15) is 28.1 Å². The number of pyridine rings is 2. The smallest absolute Gasteiger partial charge is 0.272 e. The van der Waals surface area contributed by atoms with Gasteiger partial charge in [-0.15, -0.1) is 0 Å². The van der Waals surface area contributed by atoms with Crippen LogP contribution >= 0.6 is 11.6 Å². The highest BCUT2D eigenvalue weighted by atomic mass is 35.5. The summed E-state index contributed by atoms with van der Waals surface area (Å²) in [5.74, 6) is 0.283. The number of carbonyl (C=O) groups is 1. The first-order valence-corrected chi connectivity index (χ1v) is 13.5. The number of nitrogens with zero attached hydrogens (tertiary/aromatic N) is 6. The predicted molar refractivity (Wildman–Crippen MR) is 154 cm³/mol. The van der Waals surface area contributed by atoms with Gasteiger partial charge in [-0.2, -0.15) is 5.26 Å². The molecule has 0 saturated carbocycles. The third-order valence-corrected chi connectivity index (χ3v) is 7.89. The van der Waals surface area contributed by atoms with Crippen LogP contribution in [0.3, 0.4) is 0 Å². The molecular weight excluding hydrogens is 544 g/mol. The Kier molecular flexibility index (Phi) is 6.40. The Bertz CT molecular complexity index is 1790. The van der Waals surface area contributed by atoms with Gasteiger partial charge in [0, 0.05) is 43.0 Å². The number of hydrogen-bond acceptors (Lipinski definition) is 9. The van der Waals surface area contributed by atoms with Crippen molar-refractivity contribution in [2.24, 2.45) is 7.05 Å². The Morgan fingerprint density at radius 3 is 2.54 bits per heavy atom. The maximum absolute atomic E-state index is 13.2. The van der Waals surface area contributed by atoms with E-state index in [0.717, 1.165) is 11.8 Å². The fourth-order valence-corrected chi connectivity index (χ4v) is 5.55. The highest BCUT2D eigenvalue weighted by Gasteiger charge is 2.51. The van der Waals surface area contributed by atoms with E-state index in [1.165, 1.54) is 16.7 Å². The van der Waals surface area contributed by atoms with E-state index in [4.69, 9.17) is 16.3 Å². The van der Waals surface area contributed by atoms with Crippen LogP contribution in [0.1, 0.15) is 42.1 Å². The lowest BCUT2D eigenvalue weighted by atomic mass is 9.86. The molecule has 3 aromatic heterocycles. The number of hydrogen-bond donors (Lipinski definition) is 2. The van der Waals surface area contributed by atoms with Crippen LogP contribution in [0.2, 0.25) is 5.15 Å². The number of carbonyl (C=O) groups excluding carboxylic acids is 1. The van der Waals surface area contributed by atoms with Crippen LogP contribution in [0.4, 0.5) is 17.1 Å². The van der Waals surface area contributed by atoms with E-state index in [-0.39, 0.29) is 33.5 Å². The second kappa shape index (κ2) is 9.83. The first kappa shape index (κ1) is 26.7. The van der Waals surface area contributed by atoms with Crippen molar-refractivity contribution < 1.29 is 9.53 Å². The molecule has 0 bridgehead atoms. The summed E-state index contributed by atoms with van der Waals surface area (Å²) >= 11 is 6.39. The number of likely N-dealkylation sites (tertiary alicyclic amines) is 1. The molecule has 41 heavy (non-hydrogen) atoms. The fraction of sp³-hybridized carbons (Fsp3) is 0.310. The number of para-hydroxylation sites is 1. The minimum Gasteiger partial charge on any atom is -0.372 e. The Hall–Kier alpha value is -4.53. The third-order valence-electron chi connectivity index (χ3n) is 7.62. The number of nitriles is 1. The molecule has 2 fully saturated rings. The van der Waals surface area contributed by atoms with Gasteiger partial charge in [0.2, 0.25) is 0 Å². The van der Waals surface area contributed by atoms with Gasteiger partial charge in [0.05, 0.1) is 42.1 Å². The van der Waals surface area contributed by atoms with E-state index in [2.05, 4.69) is 31.7 Å². The summed E-state index contributed by atoms with van der Waals surface area (Å²) in [5.41, 5.74) is 1.08. The van der Waals surface area contributed by atoms with Gasteiger partial charge in [-0.25, -0.2) is 15.0 Å². The lowest BCUT2D eigenvalue weighted by Crippen LogP contribution is -2.69. The number of aromatic nitrogens is 4. The normalized spacial score (nSPS) is 15.6. The summed E-state index contributed by atoms with van der Waals surface area (Å²) in [6.07, 6.45) is 4.27. The van der Waals surface area contributed by atoms with Crippen LogP contribution in [-0.2, 0) is 17.3 Å². The standard InChI is InChI=1S/C29H27ClN8O3/c1-28(2,27-32-9-5-10-33-27)36-21-13-23(39)37(3)24-17(21)6-4-7-19(24)34-20-12-22(35-25(30)18(20)14-31)26(40)38-15-29(16-38)8-11-41-29/h4-7,9-10,12-13,36H,8,11,15-16H2,1-3H3,(H,34,35). The minimum absolute atomic E-state index is 0.0860. The van der Waals surface area contributed by atoms with E-state index in [1.54, 1.807) is 36.5 Å². The summed E-state index contributed by atoms with van der Waals surface area (Å²) in [4.78, 5) is 40.9. The summed E-state index contributed by atoms with van der Waals surface area (Å²) in [7, 11) is 1.67. The predicted octanol–water partition coefficient (Wildman–Crippen LogP) is 3.95. The van der Waals surface area contributed by atoms with Crippen LogP contribution in [0.25, 0.3) is 10.9 Å². The maximum Gasteiger partial charge on any atom is 0.272 e. The highest BCUT2D eigenvalue weighted by molar-refractivity contribution is 6.31. The number of benzene rings is 1. The number of ether oxygens (including phenoxy) is 1. The lowest BCUT2D eigenvalue weighted by Gasteiger charge is -2.54. The van der Waals surface area contributed by atoms with Crippen LogP contribution in [0.5, 0.6) is 0 Å². The molecule has 0 aliphatic carbocycles. The average molecular weight is 571 g/mol. The molecule has 0 radical (unpaired) electrons. The van der Waals surface area contributed by atoms with E-state index < -0.39 is 5.54 Å². The zero-order valence-electron chi connectivity index (χ0n) is 22.7. The number of fused-ring (bicyclic) bond motifs is 1. The second-order valence-corrected chi connectivity index (χ2v) is 11.2. The Labute approximate surface area is 240 Å². The van der Waals surface area contributed by atoms with Gasteiger partial charge in [-0.05, 0) is 32.0 Å². The molecule has 0 atom stereocenters. The molecule has 1 aromatic carbocycles. The molecule has 2 N–H and O–H groups in total. The zero-order valence-corrected chi connectivity index (χ0v) is 23.5. The molecule has 208 valence electrons. The molecule has 6 rings (SSSR count). The van der Waals surface area contributed by atoms with Gasteiger partial charge in [0.15, 0.2) is 5.82 Å². The Morgan fingerprint density at radius 2 is 1.88 bits per heavy atom. The molecule has 4 aromatic rings. The first-order valence-electron chi connectivity index (χ1n) is 13.1. The van der Waals surface area contributed by atoms with Crippen LogP contribution < -0.4 is 16.2 Å².